The highest BCUT2D eigenvalue weighted by Crippen LogP contribution is 2.16. The van der Waals surface area contributed by atoms with E-state index < -0.39 is 0 Å². The van der Waals surface area contributed by atoms with Crippen molar-refractivity contribution in [1.29, 1.82) is 0 Å². The van der Waals surface area contributed by atoms with Gasteiger partial charge in [-0.25, -0.2) is 0 Å². The predicted octanol–water partition coefficient (Wildman–Crippen LogP) is 3.05. The van der Waals surface area contributed by atoms with E-state index in [1.165, 1.54) is 11.1 Å². The molecule has 1 atom stereocenters. The number of aromatic nitrogens is 2. The summed E-state index contributed by atoms with van der Waals surface area (Å²) in [7, 11) is 0. The summed E-state index contributed by atoms with van der Waals surface area (Å²) in [5.74, 6) is 0. The lowest BCUT2D eigenvalue weighted by Gasteiger charge is -2.11. The standard InChI is InChI=1S/C13H16N2/c1-3-12-9-14-15(10-12)11(2)13-7-5-4-6-8-13/h4-11H,3H2,1-2H3. The molecule has 0 saturated heterocycles. The molecular formula is C13H16N2. The Hall–Kier alpha value is -1.57. The Morgan fingerprint density at radius 1 is 1.27 bits per heavy atom. The normalized spacial score (nSPS) is 12.7. The van der Waals surface area contributed by atoms with E-state index >= 15 is 0 Å². The van der Waals surface area contributed by atoms with Gasteiger partial charge >= 0.3 is 0 Å². The zero-order chi connectivity index (χ0) is 10.7. The van der Waals surface area contributed by atoms with Gasteiger partial charge in [0.05, 0.1) is 12.2 Å². The molecule has 0 aliphatic heterocycles. The van der Waals surface area contributed by atoms with Crippen molar-refractivity contribution in [2.75, 3.05) is 0 Å². The lowest BCUT2D eigenvalue weighted by molar-refractivity contribution is 0.564. The number of aryl methyl sites for hydroxylation is 1. The molecule has 78 valence electrons. The van der Waals surface area contributed by atoms with Crippen molar-refractivity contribution in [2.45, 2.75) is 26.3 Å². The topological polar surface area (TPSA) is 17.8 Å². The molecule has 1 aromatic heterocycles. The van der Waals surface area contributed by atoms with Crippen LogP contribution in [0.4, 0.5) is 0 Å². The monoisotopic (exact) mass is 200 g/mol. The minimum absolute atomic E-state index is 0.312. The van der Waals surface area contributed by atoms with Crippen molar-refractivity contribution in [1.82, 2.24) is 9.78 Å². The second kappa shape index (κ2) is 4.30. The van der Waals surface area contributed by atoms with Gasteiger partial charge in [-0.1, -0.05) is 37.3 Å². The van der Waals surface area contributed by atoms with Gasteiger partial charge in [-0.05, 0) is 24.5 Å². The minimum Gasteiger partial charge on any atom is -0.265 e. The average molecular weight is 200 g/mol. The van der Waals surface area contributed by atoms with Crippen LogP contribution in [-0.4, -0.2) is 9.78 Å². The smallest absolute Gasteiger partial charge is 0.0740 e. The maximum absolute atomic E-state index is 4.38. The summed E-state index contributed by atoms with van der Waals surface area (Å²) in [5.41, 5.74) is 2.58. The number of rotatable bonds is 3. The van der Waals surface area contributed by atoms with Gasteiger partial charge in [0.1, 0.15) is 0 Å². The molecule has 0 fully saturated rings. The first kappa shape index (κ1) is 9.97. The molecule has 1 heterocycles. The summed E-state index contributed by atoms with van der Waals surface area (Å²) >= 11 is 0. The van der Waals surface area contributed by atoms with Crippen LogP contribution in [0.25, 0.3) is 0 Å². The third kappa shape index (κ3) is 2.09. The van der Waals surface area contributed by atoms with Crippen LogP contribution in [0.1, 0.15) is 31.0 Å². The maximum Gasteiger partial charge on any atom is 0.0740 e. The highest BCUT2D eigenvalue weighted by molar-refractivity contribution is 5.19. The molecule has 15 heavy (non-hydrogen) atoms. The molecule has 2 heteroatoms. The quantitative estimate of drug-likeness (QED) is 0.744. The molecule has 0 spiro atoms. The van der Waals surface area contributed by atoms with E-state index in [1.807, 2.05) is 16.9 Å². The van der Waals surface area contributed by atoms with Gasteiger partial charge in [0.2, 0.25) is 0 Å². The first-order valence-electron chi connectivity index (χ1n) is 5.39. The first-order chi connectivity index (χ1) is 7.31. The highest BCUT2D eigenvalue weighted by atomic mass is 15.3. The van der Waals surface area contributed by atoms with Crippen LogP contribution >= 0.6 is 0 Å². The fourth-order valence-electron chi connectivity index (χ4n) is 1.66. The van der Waals surface area contributed by atoms with Crippen molar-refractivity contribution in [2.24, 2.45) is 0 Å². The fraction of sp³-hybridized carbons (Fsp3) is 0.308. The third-order valence-electron chi connectivity index (χ3n) is 2.74. The van der Waals surface area contributed by atoms with E-state index in [9.17, 15) is 0 Å². The summed E-state index contributed by atoms with van der Waals surface area (Å²) in [6.07, 6.45) is 5.11. The number of hydrogen-bond donors (Lipinski definition) is 0. The van der Waals surface area contributed by atoms with Gasteiger partial charge in [-0.2, -0.15) is 5.10 Å². The second-order valence-electron chi connectivity index (χ2n) is 3.77. The van der Waals surface area contributed by atoms with Gasteiger partial charge in [0.15, 0.2) is 0 Å². The Morgan fingerprint density at radius 3 is 2.60 bits per heavy atom. The van der Waals surface area contributed by atoms with E-state index in [2.05, 4.69) is 49.4 Å². The summed E-state index contributed by atoms with van der Waals surface area (Å²) in [4.78, 5) is 0. The average Bonchev–Trinajstić information content (AvgIpc) is 2.78. The predicted molar refractivity (Wildman–Crippen MR) is 61.9 cm³/mol. The Kier molecular flexibility index (Phi) is 2.86. The molecule has 0 bridgehead atoms. The molecule has 0 N–H and O–H groups in total. The van der Waals surface area contributed by atoms with E-state index in [4.69, 9.17) is 0 Å². The molecule has 0 aliphatic rings. The van der Waals surface area contributed by atoms with Crippen LogP contribution in [-0.2, 0) is 6.42 Å². The second-order valence-corrected chi connectivity index (χ2v) is 3.77. The number of nitrogens with zero attached hydrogens (tertiary/aromatic N) is 2. The zero-order valence-electron chi connectivity index (χ0n) is 9.22. The minimum atomic E-state index is 0.312. The molecular weight excluding hydrogens is 184 g/mol. The molecule has 2 aromatic rings. The van der Waals surface area contributed by atoms with Crippen LogP contribution in [0, 0.1) is 0 Å². The van der Waals surface area contributed by atoms with Gasteiger partial charge in [-0.15, -0.1) is 0 Å². The number of hydrogen-bond acceptors (Lipinski definition) is 1. The Morgan fingerprint density at radius 2 is 2.00 bits per heavy atom. The van der Waals surface area contributed by atoms with E-state index in [1.54, 1.807) is 0 Å². The number of benzene rings is 1. The fourth-order valence-corrected chi connectivity index (χ4v) is 1.66. The maximum atomic E-state index is 4.38. The Balaban J connectivity index is 2.24. The van der Waals surface area contributed by atoms with Crippen molar-refractivity contribution >= 4 is 0 Å². The van der Waals surface area contributed by atoms with Crippen molar-refractivity contribution < 1.29 is 0 Å². The van der Waals surface area contributed by atoms with E-state index in [0.717, 1.165) is 6.42 Å². The van der Waals surface area contributed by atoms with Crippen LogP contribution in [0.2, 0.25) is 0 Å². The van der Waals surface area contributed by atoms with Gasteiger partial charge < -0.3 is 0 Å². The van der Waals surface area contributed by atoms with Crippen LogP contribution < -0.4 is 0 Å². The lowest BCUT2D eigenvalue weighted by atomic mass is 10.1. The van der Waals surface area contributed by atoms with Crippen LogP contribution in [0.3, 0.4) is 0 Å². The summed E-state index contributed by atoms with van der Waals surface area (Å²) in [6, 6.07) is 10.8. The molecule has 2 rings (SSSR count). The van der Waals surface area contributed by atoms with Crippen molar-refractivity contribution in [3.63, 3.8) is 0 Å². The van der Waals surface area contributed by atoms with E-state index in [0.29, 0.717) is 6.04 Å². The molecule has 0 aliphatic carbocycles. The SMILES string of the molecule is CCc1cnn(C(C)c2ccccc2)c1. The van der Waals surface area contributed by atoms with Gasteiger partial charge in [0, 0.05) is 6.20 Å². The zero-order valence-corrected chi connectivity index (χ0v) is 9.22. The first-order valence-corrected chi connectivity index (χ1v) is 5.39. The van der Waals surface area contributed by atoms with E-state index in [-0.39, 0.29) is 0 Å². The van der Waals surface area contributed by atoms with Gasteiger partial charge in [0.25, 0.3) is 0 Å². The summed E-state index contributed by atoms with van der Waals surface area (Å²) < 4.78 is 2.02. The lowest BCUT2D eigenvalue weighted by Crippen LogP contribution is -2.06. The summed E-state index contributed by atoms with van der Waals surface area (Å²) in [5, 5.41) is 4.38. The molecule has 0 radical (unpaired) electrons. The third-order valence-corrected chi connectivity index (χ3v) is 2.74. The van der Waals surface area contributed by atoms with Gasteiger partial charge in [-0.3, -0.25) is 4.68 Å². The molecule has 0 amide bonds. The highest BCUT2D eigenvalue weighted by Gasteiger charge is 2.07. The molecule has 1 unspecified atom stereocenters. The van der Waals surface area contributed by atoms with Crippen molar-refractivity contribution in [3.8, 4) is 0 Å². The molecule has 0 saturated carbocycles. The van der Waals surface area contributed by atoms with Crippen LogP contribution in [0.5, 0.6) is 0 Å². The van der Waals surface area contributed by atoms with Crippen LogP contribution in [0.15, 0.2) is 42.7 Å². The molecule has 2 nitrogen and oxygen atoms in total. The summed E-state index contributed by atoms with van der Waals surface area (Å²) in [6.45, 7) is 4.32. The van der Waals surface area contributed by atoms with Crippen molar-refractivity contribution in [3.05, 3.63) is 53.9 Å². The Labute approximate surface area is 90.6 Å². The largest absolute Gasteiger partial charge is 0.265 e. The Bertz CT molecular complexity index is 417. The molecule has 1 aromatic carbocycles.